The van der Waals surface area contributed by atoms with Crippen molar-refractivity contribution in [1.29, 1.82) is 0 Å². The van der Waals surface area contributed by atoms with Crippen LogP contribution >= 0.6 is 0 Å². The highest BCUT2D eigenvalue weighted by molar-refractivity contribution is 6.46. The van der Waals surface area contributed by atoms with Crippen LogP contribution in [0.1, 0.15) is 33.9 Å². The molecule has 1 aliphatic heterocycles. The van der Waals surface area contributed by atoms with Crippen molar-refractivity contribution in [2.75, 3.05) is 26.1 Å². The Morgan fingerprint density at radius 3 is 2.34 bits per heavy atom. The highest BCUT2D eigenvalue weighted by Crippen LogP contribution is 2.41. The van der Waals surface area contributed by atoms with Crippen LogP contribution in [0.2, 0.25) is 0 Å². The van der Waals surface area contributed by atoms with Gasteiger partial charge in [0.15, 0.2) is 0 Å². The van der Waals surface area contributed by atoms with Crippen molar-refractivity contribution in [2.24, 2.45) is 0 Å². The molecule has 3 aromatic carbocycles. The van der Waals surface area contributed by atoms with Gasteiger partial charge in [0.25, 0.3) is 11.7 Å². The summed E-state index contributed by atoms with van der Waals surface area (Å²) >= 11 is 0. The van der Waals surface area contributed by atoms with Crippen LogP contribution in [0.3, 0.4) is 0 Å². The van der Waals surface area contributed by atoms with E-state index in [0.717, 1.165) is 27.9 Å². The number of aryl methyl sites for hydroxylation is 2. The van der Waals surface area contributed by atoms with Crippen molar-refractivity contribution in [1.82, 2.24) is 4.90 Å². The first kappa shape index (κ1) is 24.1. The molecule has 6 heteroatoms. The third kappa shape index (κ3) is 4.52. The van der Waals surface area contributed by atoms with E-state index in [1.807, 2.05) is 99.6 Å². The Morgan fingerprint density at radius 1 is 1.00 bits per heavy atom. The number of amides is 1. The van der Waals surface area contributed by atoms with Gasteiger partial charge in [0, 0.05) is 30.9 Å². The van der Waals surface area contributed by atoms with Crippen molar-refractivity contribution >= 4 is 23.1 Å². The zero-order chi connectivity index (χ0) is 25.3. The van der Waals surface area contributed by atoms with E-state index in [-0.39, 0.29) is 17.9 Å². The predicted molar refractivity (Wildman–Crippen MR) is 138 cm³/mol. The standard InChI is InChI=1S/C29H30N2O4/c1-18-10-11-19(2)23(16-18)27(32)25-26(20-12-14-22(15-13-20)30(3)4)31(29(34)28(25)33)17-21-8-6-7-9-24(21)35-5/h6-16,26,32H,17H2,1-5H3/b27-25+. The van der Waals surface area contributed by atoms with E-state index >= 15 is 0 Å². The normalized spacial score (nSPS) is 17.1. The van der Waals surface area contributed by atoms with E-state index in [9.17, 15) is 14.7 Å². The molecule has 6 nitrogen and oxygen atoms in total. The number of hydrogen-bond acceptors (Lipinski definition) is 5. The molecule has 1 atom stereocenters. The smallest absolute Gasteiger partial charge is 0.295 e. The fraction of sp³-hybridized carbons (Fsp3) is 0.241. The van der Waals surface area contributed by atoms with Gasteiger partial charge in [0.1, 0.15) is 11.5 Å². The maximum absolute atomic E-state index is 13.4. The molecular weight excluding hydrogens is 440 g/mol. The van der Waals surface area contributed by atoms with Crippen molar-refractivity contribution in [3.05, 3.63) is 100 Å². The van der Waals surface area contributed by atoms with Crippen LogP contribution in [-0.2, 0) is 16.1 Å². The summed E-state index contributed by atoms with van der Waals surface area (Å²) in [5.41, 5.74) is 4.93. The number of carbonyl (C=O) groups excluding carboxylic acids is 2. The summed E-state index contributed by atoms with van der Waals surface area (Å²) in [5, 5.41) is 11.4. The first-order valence-corrected chi connectivity index (χ1v) is 11.5. The van der Waals surface area contributed by atoms with Gasteiger partial charge in [0.2, 0.25) is 0 Å². The number of hydrogen-bond donors (Lipinski definition) is 1. The lowest BCUT2D eigenvalue weighted by atomic mass is 9.93. The van der Waals surface area contributed by atoms with Gasteiger partial charge in [-0.1, -0.05) is 48.0 Å². The molecule has 1 aliphatic rings. The zero-order valence-electron chi connectivity index (χ0n) is 20.7. The maximum atomic E-state index is 13.4. The SMILES string of the molecule is COc1ccccc1CN1C(=O)C(=O)/C(=C(/O)c2cc(C)ccc2C)C1c1ccc(N(C)C)cc1. The number of carbonyl (C=O) groups is 2. The predicted octanol–water partition coefficient (Wildman–Crippen LogP) is 5.00. The molecule has 4 rings (SSSR count). The Labute approximate surface area is 206 Å². The number of aliphatic hydroxyl groups excluding tert-OH is 1. The highest BCUT2D eigenvalue weighted by Gasteiger charge is 2.46. The Hall–Kier alpha value is -4.06. The number of benzene rings is 3. The number of rotatable bonds is 6. The molecule has 1 unspecified atom stereocenters. The van der Waals surface area contributed by atoms with Gasteiger partial charge in [-0.05, 0) is 49.2 Å². The van der Waals surface area contributed by atoms with E-state index in [1.54, 1.807) is 7.11 Å². The molecule has 1 amide bonds. The monoisotopic (exact) mass is 470 g/mol. The van der Waals surface area contributed by atoms with Crippen LogP contribution in [0.4, 0.5) is 5.69 Å². The Bertz CT molecular complexity index is 1310. The van der Waals surface area contributed by atoms with Crippen LogP contribution in [0.25, 0.3) is 5.76 Å². The molecule has 0 aromatic heterocycles. The van der Waals surface area contributed by atoms with Gasteiger partial charge in [-0.3, -0.25) is 9.59 Å². The van der Waals surface area contributed by atoms with Crippen molar-refractivity contribution in [2.45, 2.75) is 26.4 Å². The summed E-state index contributed by atoms with van der Waals surface area (Å²) in [4.78, 5) is 30.2. The van der Waals surface area contributed by atoms with Crippen LogP contribution in [0.5, 0.6) is 5.75 Å². The first-order chi connectivity index (χ1) is 16.7. The summed E-state index contributed by atoms with van der Waals surface area (Å²) in [5.74, 6) is -0.871. The van der Waals surface area contributed by atoms with E-state index in [0.29, 0.717) is 11.3 Å². The lowest BCUT2D eigenvalue weighted by Gasteiger charge is -2.26. The van der Waals surface area contributed by atoms with E-state index in [4.69, 9.17) is 4.74 Å². The minimum atomic E-state index is -0.740. The number of nitrogens with zero attached hydrogens (tertiary/aromatic N) is 2. The van der Waals surface area contributed by atoms with Gasteiger partial charge in [0.05, 0.1) is 25.3 Å². The Balaban J connectivity index is 1.90. The average molecular weight is 471 g/mol. The third-order valence-electron chi connectivity index (χ3n) is 6.45. The minimum absolute atomic E-state index is 0.0937. The van der Waals surface area contributed by atoms with Gasteiger partial charge in [-0.15, -0.1) is 0 Å². The number of ketones is 1. The molecule has 0 aliphatic carbocycles. The maximum Gasteiger partial charge on any atom is 0.295 e. The molecule has 1 fully saturated rings. The quantitative estimate of drug-likeness (QED) is 0.312. The molecule has 0 spiro atoms. The van der Waals surface area contributed by atoms with Gasteiger partial charge in [-0.2, -0.15) is 0 Å². The number of aliphatic hydroxyl groups is 1. The largest absolute Gasteiger partial charge is 0.507 e. The number of methoxy groups -OCH3 is 1. The molecule has 35 heavy (non-hydrogen) atoms. The summed E-state index contributed by atoms with van der Waals surface area (Å²) < 4.78 is 5.48. The number of likely N-dealkylation sites (tertiary alicyclic amines) is 1. The van der Waals surface area contributed by atoms with Gasteiger partial charge in [-0.25, -0.2) is 0 Å². The minimum Gasteiger partial charge on any atom is -0.507 e. The fourth-order valence-electron chi connectivity index (χ4n) is 4.50. The van der Waals surface area contributed by atoms with Crippen molar-refractivity contribution in [3.63, 3.8) is 0 Å². The number of para-hydroxylation sites is 1. The van der Waals surface area contributed by atoms with Crippen LogP contribution in [0.15, 0.2) is 72.3 Å². The van der Waals surface area contributed by atoms with Gasteiger partial charge < -0.3 is 19.6 Å². The number of Topliss-reactive ketones (excluding diaryl/α,β-unsaturated/α-hetero) is 1. The molecule has 1 N–H and O–H groups in total. The number of ether oxygens (including phenoxy) is 1. The molecule has 1 heterocycles. The molecule has 0 saturated carbocycles. The van der Waals surface area contributed by atoms with E-state index in [2.05, 4.69) is 0 Å². The topological polar surface area (TPSA) is 70.1 Å². The second-order valence-electron chi connectivity index (χ2n) is 9.04. The summed E-state index contributed by atoms with van der Waals surface area (Å²) in [7, 11) is 5.47. The second kappa shape index (κ2) is 9.66. The van der Waals surface area contributed by atoms with E-state index < -0.39 is 17.7 Å². The molecule has 0 bridgehead atoms. The molecular formula is C29H30N2O4. The number of anilines is 1. The van der Waals surface area contributed by atoms with Gasteiger partial charge >= 0.3 is 0 Å². The fourth-order valence-corrected chi connectivity index (χ4v) is 4.50. The molecule has 0 radical (unpaired) electrons. The summed E-state index contributed by atoms with van der Waals surface area (Å²) in [6.07, 6.45) is 0. The van der Waals surface area contributed by atoms with Crippen LogP contribution in [0, 0.1) is 13.8 Å². The molecule has 1 saturated heterocycles. The zero-order valence-corrected chi connectivity index (χ0v) is 20.7. The molecule has 180 valence electrons. The first-order valence-electron chi connectivity index (χ1n) is 11.5. The van der Waals surface area contributed by atoms with Crippen LogP contribution < -0.4 is 9.64 Å². The average Bonchev–Trinajstić information content (AvgIpc) is 3.10. The lowest BCUT2D eigenvalue weighted by Crippen LogP contribution is -2.29. The summed E-state index contributed by atoms with van der Waals surface area (Å²) in [6.45, 7) is 3.96. The molecule has 3 aromatic rings. The third-order valence-corrected chi connectivity index (χ3v) is 6.45. The summed E-state index contributed by atoms with van der Waals surface area (Å²) in [6, 6.07) is 20.0. The highest BCUT2D eigenvalue weighted by atomic mass is 16.5. The van der Waals surface area contributed by atoms with Crippen molar-refractivity contribution < 1.29 is 19.4 Å². The second-order valence-corrected chi connectivity index (χ2v) is 9.04. The Kier molecular flexibility index (Phi) is 6.65. The van der Waals surface area contributed by atoms with Crippen LogP contribution in [-0.4, -0.2) is 42.9 Å². The van der Waals surface area contributed by atoms with Crippen molar-refractivity contribution in [3.8, 4) is 5.75 Å². The Morgan fingerprint density at radius 2 is 1.69 bits per heavy atom. The van der Waals surface area contributed by atoms with E-state index in [1.165, 1.54) is 4.90 Å². The lowest BCUT2D eigenvalue weighted by molar-refractivity contribution is -0.140.